The van der Waals surface area contributed by atoms with Crippen molar-refractivity contribution in [3.05, 3.63) is 52.0 Å². The van der Waals surface area contributed by atoms with Crippen molar-refractivity contribution in [1.82, 2.24) is 9.97 Å². The second-order valence-electron chi connectivity index (χ2n) is 4.01. The van der Waals surface area contributed by atoms with Crippen molar-refractivity contribution in [3.8, 4) is 0 Å². The fourth-order valence-corrected chi connectivity index (χ4v) is 2.17. The van der Waals surface area contributed by atoms with E-state index in [9.17, 15) is 4.79 Å². The summed E-state index contributed by atoms with van der Waals surface area (Å²) >= 11 is 11.9. The van der Waals surface area contributed by atoms with Gasteiger partial charge in [0.1, 0.15) is 12.1 Å². The van der Waals surface area contributed by atoms with Crippen LogP contribution in [0.5, 0.6) is 0 Å². The molecule has 3 nitrogen and oxygen atoms in total. The molecule has 1 atom stereocenters. The third-order valence-electron chi connectivity index (χ3n) is 2.79. The third kappa shape index (κ3) is 3.12. The van der Waals surface area contributed by atoms with E-state index in [-0.39, 0.29) is 5.92 Å². The molecular weight excluding hydrogens is 271 g/mol. The van der Waals surface area contributed by atoms with Crippen LogP contribution in [0.3, 0.4) is 0 Å². The lowest BCUT2D eigenvalue weighted by Gasteiger charge is -2.14. The van der Waals surface area contributed by atoms with Crippen LogP contribution in [0.2, 0.25) is 10.0 Å². The maximum Gasteiger partial charge on any atom is 0.120 e. The Morgan fingerprint density at radius 1 is 1.33 bits per heavy atom. The van der Waals surface area contributed by atoms with Crippen LogP contribution in [0, 0.1) is 0 Å². The van der Waals surface area contributed by atoms with Crippen molar-refractivity contribution in [2.24, 2.45) is 0 Å². The number of aldehydes is 1. The normalized spacial score (nSPS) is 12.3. The summed E-state index contributed by atoms with van der Waals surface area (Å²) < 4.78 is 0. The van der Waals surface area contributed by atoms with E-state index in [4.69, 9.17) is 23.2 Å². The lowest BCUT2D eigenvalue weighted by atomic mass is 9.93. The Morgan fingerprint density at radius 2 is 2.17 bits per heavy atom. The number of nitrogens with one attached hydrogen (secondary N) is 1. The van der Waals surface area contributed by atoms with E-state index in [1.54, 1.807) is 24.5 Å². The first kappa shape index (κ1) is 13.1. The molecule has 1 N–H and O–H groups in total. The molecule has 0 saturated heterocycles. The van der Waals surface area contributed by atoms with Gasteiger partial charge in [-0.2, -0.15) is 0 Å². The molecule has 0 bridgehead atoms. The molecule has 18 heavy (non-hydrogen) atoms. The molecule has 1 heterocycles. The first-order chi connectivity index (χ1) is 8.70. The van der Waals surface area contributed by atoms with Gasteiger partial charge in [0.05, 0.1) is 10.0 Å². The number of H-pyrrole nitrogens is 1. The second-order valence-corrected chi connectivity index (χ2v) is 4.83. The largest absolute Gasteiger partial charge is 0.349 e. The summed E-state index contributed by atoms with van der Waals surface area (Å²) in [6.07, 6.45) is 5.47. The van der Waals surface area contributed by atoms with Crippen molar-refractivity contribution in [3.63, 3.8) is 0 Å². The van der Waals surface area contributed by atoms with Gasteiger partial charge in [-0.15, -0.1) is 0 Å². The Hall–Kier alpha value is -1.32. The predicted octanol–water partition coefficient (Wildman–Crippen LogP) is 3.63. The number of rotatable bonds is 5. The zero-order chi connectivity index (χ0) is 13.0. The maximum absolute atomic E-state index is 10.8. The Labute approximate surface area is 115 Å². The molecule has 0 amide bonds. The van der Waals surface area contributed by atoms with Gasteiger partial charge in [0, 0.05) is 25.2 Å². The molecule has 5 heteroatoms. The standard InChI is InChI=1S/C13H12Cl2N2O/c14-11-2-1-9(7-12(11)15)10(3-6-18)8-13-16-4-5-17-13/h1-2,4-7,10H,3,8H2,(H,16,17)/t10-/m1/s1. The van der Waals surface area contributed by atoms with E-state index in [0.717, 1.165) is 17.7 Å². The van der Waals surface area contributed by atoms with E-state index in [2.05, 4.69) is 9.97 Å². The van der Waals surface area contributed by atoms with Crippen molar-refractivity contribution in [1.29, 1.82) is 0 Å². The first-order valence-corrected chi connectivity index (χ1v) is 6.33. The highest BCUT2D eigenvalue weighted by Crippen LogP contribution is 2.29. The van der Waals surface area contributed by atoms with E-state index in [1.807, 2.05) is 6.07 Å². The van der Waals surface area contributed by atoms with Crippen LogP contribution in [0.1, 0.15) is 23.7 Å². The molecule has 0 aliphatic rings. The minimum atomic E-state index is 0.0587. The first-order valence-electron chi connectivity index (χ1n) is 5.57. The summed E-state index contributed by atoms with van der Waals surface area (Å²) in [5, 5.41) is 1.02. The van der Waals surface area contributed by atoms with Crippen LogP contribution >= 0.6 is 23.2 Å². The number of aromatic nitrogens is 2. The lowest BCUT2D eigenvalue weighted by Crippen LogP contribution is -2.05. The molecular formula is C13H12Cl2N2O. The number of nitrogens with zero attached hydrogens (tertiary/aromatic N) is 1. The molecule has 0 radical (unpaired) electrons. The number of hydrogen-bond acceptors (Lipinski definition) is 2. The van der Waals surface area contributed by atoms with Crippen molar-refractivity contribution < 1.29 is 4.79 Å². The molecule has 0 aliphatic carbocycles. The minimum Gasteiger partial charge on any atom is -0.349 e. The van der Waals surface area contributed by atoms with Gasteiger partial charge < -0.3 is 9.78 Å². The zero-order valence-electron chi connectivity index (χ0n) is 9.57. The monoisotopic (exact) mass is 282 g/mol. The average Bonchev–Trinajstić information content (AvgIpc) is 2.85. The molecule has 0 fully saturated rings. The molecule has 0 spiro atoms. The van der Waals surface area contributed by atoms with Gasteiger partial charge in [-0.3, -0.25) is 0 Å². The van der Waals surface area contributed by atoms with Crippen LogP contribution in [0.25, 0.3) is 0 Å². The molecule has 2 aromatic rings. The highest BCUT2D eigenvalue weighted by molar-refractivity contribution is 6.42. The number of benzene rings is 1. The fourth-order valence-electron chi connectivity index (χ4n) is 1.86. The summed E-state index contributed by atoms with van der Waals surface area (Å²) in [7, 11) is 0. The SMILES string of the molecule is O=CC[C@H](Cc1ncc[nH]1)c1ccc(Cl)c(Cl)c1. The van der Waals surface area contributed by atoms with Crippen LogP contribution < -0.4 is 0 Å². The van der Waals surface area contributed by atoms with Gasteiger partial charge in [0.15, 0.2) is 0 Å². The van der Waals surface area contributed by atoms with Crippen molar-refractivity contribution >= 4 is 29.5 Å². The summed E-state index contributed by atoms with van der Waals surface area (Å²) in [6.45, 7) is 0. The molecule has 1 aromatic carbocycles. The molecule has 94 valence electrons. The topological polar surface area (TPSA) is 45.8 Å². The number of hydrogen-bond donors (Lipinski definition) is 1. The zero-order valence-corrected chi connectivity index (χ0v) is 11.1. The quantitative estimate of drug-likeness (QED) is 0.852. The van der Waals surface area contributed by atoms with Gasteiger partial charge in [0.25, 0.3) is 0 Å². The van der Waals surface area contributed by atoms with E-state index < -0.39 is 0 Å². The van der Waals surface area contributed by atoms with Crippen molar-refractivity contribution in [2.75, 3.05) is 0 Å². The molecule has 1 aromatic heterocycles. The predicted molar refractivity (Wildman–Crippen MR) is 72.2 cm³/mol. The van der Waals surface area contributed by atoms with Crippen LogP contribution in [-0.2, 0) is 11.2 Å². The Bertz CT molecular complexity index is 526. The number of carbonyl (C=O) groups is 1. The van der Waals surface area contributed by atoms with Gasteiger partial charge >= 0.3 is 0 Å². The minimum absolute atomic E-state index is 0.0587. The maximum atomic E-state index is 10.8. The molecule has 2 rings (SSSR count). The van der Waals surface area contributed by atoms with Crippen LogP contribution in [0.15, 0.2) is 30.6 Å². The summed E-state index contributed by atoms with van der Waals surface area (Å²) in [5.74, 6) is 0.913. The Morgan fingerprint density at radius 3 is 2.78 bits per heavy atom. The fraction of sp³-hybridized carbons (Fsp3) is 0.231. The Kier molecular flexibility index (Phi) is 4.39. The van der Waals surface area contributed by atoms with Gasteiger partial charge in [-0.1, -0.05) is 29.3 Å². The smallest absolute Gasteiger partial charge is 0.120 e. The number of aromatic amines is 1. The highest BCUT2D eigenvalue weighted by Gasteiger charge is 2.14. The lowest BCUT2D eigenvalue weighted by molar-refractivity contribution is -0.108. The number of carbonyl (C=O) groups excluding carboxylic acids is 1. The Balaban J connectivity index is 2.23. The molecule has 0 aliphatic heterocycles. The van der Waals surface area contributed by atoms with Crippen LogP contribution in [-0.4, -0.2) is 16.3 Å². The molecule has 0 unspecified atom stereocenters. The number of imidazole rings is 1. The summed E-state index contributed by atoms with van der Waals surface area (Å²) in [4.78, 5) is 18.0. The van der Waals surface area contributed by atoms with E-state index in [0.29, 0.717) is 22.9 Å². The molecule has 0 saturated carbocycles. The van der Waals surface area contributed by atoms with E-state index >= 15 is 0 Å². The highest BCUT2D eigenvalue weighted by atomic mass is 35.5. The number of halogens is 2. The van der Waals surface area contributed by atoms with Gasteiger partial charge in [-0.05, 0) is 23.6 Å². The third-order valence-corrected chi connectivity index (χ3v) is 3.53. The summed E-state index contributed by atoms with van der Waals surface area (Å²) in [5.41, 5.74) is 0.993. The van der Waals surface area contributed by atoms with Gasteiger partial charge in [-0.25, -0.2) is 4.98 Å². The van der Waals surface area contributed by atoms with Gasteiger partial charge in [0.2, 0.25) is 0 Å². The van der Waals surface area contributed by atoms with Crippen molar-refractivity contribution in [2.45, 2.75) is 18.8 Å². The average molecular weight is 283 g/mol. The summed E-state index contributed by atoms with van der Waals surface area (Å²) in [6, 6.07) is 5.45. The van der Waals surface area contributed by atoms with Crippen LogP contribution in [0.4, 0.5) is 0 Å². The second kappa shape index (κ2) is 6.03. The van der Waals surface area contributed by atoms with E-state index in [1.165, 1.54) is 0 Å².